The second-order valence-corrected chi connectivity index (χ2v) is 1.77. The third-order valence-electron chi connectivity index (χ3n) is 0.410. The fraction of sp³-hybridized carbons (Fsp3) is 1.00. The van der Waals surface area contributed by atoms with E-state index in [0.717, 1.165) is 5.48 Å². The van der Waals surface area contributed by atoms with Gasteiger partial charge in [-0.2, -0.15) is 13.2 Å². The van der Waals surface area contributed by atoms with Gasteiger partial charge in [-0.3, -0.25) is 4.84 Å². The van der Waals surface area contributed by atoms with Crippen molar-refractivity contribution in [3.8, 4) is 0 Å². The van der Waals surface area contributed by atoms with Crippen LogP contribution in [0.2, 0.25) is 0 Å². The lowest BCUT2D eigenvalue weighted by atomic mass is 10.5. The standard InChI is InChI=1S/C4H8F3NO/c1-3(2)9-8-4(5,6)7/h3,8H,1-2H3. The molecule has 0 aromatic heterocycles. The molecule has 0 amide bonds. The summed E-state index contributed by atoms with van der Waals surface area (Å²) in [5.74, 6) is 0. The third kappa shape index (κ3) is 7.71. The smallest absolute Gasteiger partial charge is 0.291 e. The van der Waals surface area contributed by atoms with Gasteiger partial charge >= 0.3 is 6.30 Å². The van der Waals surface area contributed by atoms with Crippen molar-refractivity contribution in [3.63, 3.8) is 0 Å². The van der Waals surface area contributed by atoms with Crippen LogP contribution in [0.1, 0.15) is 13.8 Å². The average molecular weight is 143 g/mol. The Bertz CT molecular complexity index is 80.4. The number of alkyl halides is 3. The Balaban J connectivity index is 3.28. The Morgan fingerprint density at radius 2 is 1.78 bits per heavy atom. The lowest BCUT2D eigenvalue weighted by molar-refractivity contribution is -0.248. The molecule has 0 aliphatic rings. The summed E-state index contributed by atoms with van der Waals surface area (Å²) in [5, 5.41) is 0. The summed E-state index contributed by atoms with van der Waals surface area (Å²) in [5.41, 5.74) is 0.921. The fourth-order valence-corrected chi connectivity index (χ4v) is 0.185. The minimum absolute atomic E-state index is 0.466. The van der Waals surface area contributed by atoms with Gasteiger partial charge in [0.1, 0.15) is 0 Å². The summed E-state index contributed by atoms with van der Waals surface area (Å²) in [7, 11) is 0. The van der Waals surface area contributed by atoms with Gasteiger partial charge < -0.3 is 0 Å². The van der Waals surface area contributed by atoms with Crippen molar-refractivity contribution in [1.29, 1.82) is 0 Å². The van der Waals surface area contributed by atoms with Gasteiger partial charge in [0.2, 0.25) is 0 Å². The lowest BCUT2D eigenvalue weighted by Crippen LogP contribution is -2.33. The van der Waals surface area contributed by atoms with Crippen molar-refractivity contribution in [2.24, 2.45) is 0 Å². The van der Waals surface area contributed by atoms with Crippen molar-refractivity contribution < 1.29 is 18.0 Å². The zero-order valence-corrected chi connectivity index (χ0v) is 5.12. The quantitative estimate of drug-likeness (QED) is 0.466. The fourth-order valence-electron chi connectivity index (χ4n) is 0.185. The number of hydroxylamine groups is 1. The zero-order chi connectivity index (χ0) is 7.49. The summed E-state index contributed by atoms with van der Waals surface area (Å²) in [6, 6.07) is 0. The Kier molecular flexibility index (Phi) is 2.93. The molecule has 0 aromatic carbocycles. The van der Waals surface area contributed by atoms with E-state index < -0.39 is 12.4 Å². The maximum absolute atomic E-state index is 11.2. The minimum Gasteiger partial charge on any atom is -0.291 e. The van der Waals surface area contributed by atoms with Crippen LogP contribution >= 0.6 is 0 Å². The Morgan fingerprint density at radius 3 is 1.89 bits per heavy atom. The van der Waals surface area contributed by atoms with Gasteiger partial charge in [0, 0.05) is 0 Å². The predicted octanol–water partition coefficient (Wildman–Crippen LogP) is 1.44. The van der Waals surface area contributed by atoms with Crippen LogP contribution in [-0.2, 0) is 4.84 Å². The van der Waals surface area contributed by atoms with Crippen molar-refractivity contribution in [2.75, 3.05) is 0 Å². The molecule has 0 spiro atoms. The van der Waals surface area contributed by atoms with Crippen molar-refractivity contribution in [3.05, 3.63) is 0 Å². The highest BCUT2D eigenvalue weighted by atomic mass is 19.4. The van der Waals surface area contributed by atoms with Crippen LogP contribution in [-0.4, -0.2) is 12.4 Å². The molecule has 9 heavy (non-hydrogen) atoms. The molecule has 0 rings (SSSR count). The van der Waals surface area contributed by atoms with E-state index in [4.69, 9.17) is 0 Å². The predicted molar refractivity (Wildman–Crippen MR) is 25.4 cm³/mol. The van der Waals surface area contributed by atoms with E-state index in [1.165, 1.54) is 13.8 Å². The van der Waals surface area contributed by atoms with E-state index in [1.807, 2.05) is 0 Å². The maximum Gasteiger partial charge on any atom is 0.480 e. The summed E-state index contributed by atoms with van der Waals surface area (Å²) in [6.45, 7) is 3.00. The van der Waals surface area contributed by atoms with Gasteiger partial charge in [0.05, 0.1) is 6.10 Å². The summed E-state index contributed by atoms with van der Waals surface area (Å²) in [4.78, 5) is 4.03. The van der Waals surface area contributed by atoms with Crippen LogP contribution in [0.25, 0.3) is 0 Å². The number of rotatable bonds is 2. The topological polar surface area (TPSA) is 21.3 Å². The lowest BCUT2D eigenvalue weighted by Gasteiger charge is -2.10. The number of hydrogen-bond donors (Lipinski definition) is 1. The molecule has 5 heteroatoms. The van der Waals surface area contributed by atoms with Gasteiger partial charge in [-0.1, -0.05) is 0 Å². The Hall–Kier alpha value is -0.290. The molecule has 0 heterocycles. The molecule has 0 bridgehead atoms. The van der Waals surface area contributed by atoms with Gasteiger partial charge in [0.25, 0.3) is 0 Å². The van der Waals surface area contributed by atoms with E-state index >= 15 is 0 Å². The molecular formula is C4H8F3NO. The normalized spacial score (nSPS) is 12.7. The van der Waals surface area contributed by atoms with Crippen LogP contribution in [0.4, 0.5) is 13.2 Å². The minimum atomic E-state index is -4.44. The molecule has 0 aromatic rings. The molecule has 0 atom stereocenters. The van der Waals surface area contributed by atoms with Crippen molar-refractivity contribution >= 4 is 0 Å². The van der Waals surface area contributed by atoms with Crippen LogP contribution < -0.4 is 5.48 Å². The summed E-state index contributed by atoms with van der Waals surface area (Å²) < 4.78 is 33.5. The number of nitrogens with one attached hydrogen (secondary N) is 1. The third-order valence-corrected chi connectivity index (χ3v) is 0.410. The first-order chi connectivity index (χ1) is 3.92. The van der Waals surface area contributed by atoms with Crippen LogP contribution in [0, 0.1) is 0 Å². The largest absolute Gasteiger partial charge is 0.480 e. The molecule has 0 fully saturated rings. The first-order valence-electron chi connectivity index (χ1n) is 2.41. The van der Waals surface area contributed by atoms with Gasteiger partial charge in [-0.25, -0.2) is 0 Å². The zero-order valence-electron chi connectivity index (χ0n) is 5.12. The average Bonchev–Trinajstić information content (AvgIpc) is 1.59. The molecule has 2 nitrogen and oxygen atoms in total. The van der Waals surface area contributed by atoms with E-state index in [0.29, 0.717) is 0 Å². The molecule has 0 radical (unpaired) electrons. The molecule has 56 valence electrons. The maximum atomic E-state index is 11.2. The van der Waals surface area contributed by atoms with Crippen molar-refractivity contribution in [1.82, 2.24) is 5.48 Å². The molecule has 0 aliphatic heterocycles. The first-order valence-corrected chi connectivity index (χ1v) is 2.41. The molecule has 0 unspecified atom stereocenters. The second kappa shape index (κ2) is 3.03. The Labute approximate surface area is 50.9 Å². The van der Waals surface area contributed by atoms with Gasteiger partial charge in [-0.05, 0) is 13.8 Å². The molecule has 0 saturated carbocycles. The number of halogens is 3. The molecule has 1 N–H and O–H groups in total. The van der Waals surface area contributed by atoms with E-state index in [2.05, 4.69) is 4.84 Å². The molecular weight excluding hydrogens is 135 g/mol. The highest BCUT2D eigenvalue weighted by molar-refractivity contribution is 4.35. The van der Waals surface area contributed by atoms with E-state index in [9.17, 15) is 13.2 Å². The summed E-state index contributed by atoms with van der Waals surface area (Å²) in [6.07, 6.45) is -4.91. The SMILES string of the molecule is CC(C)ONC(F)(F)F. The first kappa shape index (κ1) is 8.71. The van der Waals surface area contributed by atoms with Gasteiger partial charge in [0.15, 0.2) is 0 Å². The highest BCUT2D eigenvalue weighted by Crippen LogP contribution is 2.09. The molecule has 0 saturated heterocycles. The summed E-state index contributed by atoms with van der Waals surface area (Å²) >= 11 is 0. The van der Waals surface area contributed by atoms with E-state index in [1.54, 1.807) is 0 Å². The van der Waals surface area contributed by atoms with Gasteiger partial charge in [-0.15, -0.1) is 5.48 Å². The van der Waals surface area contributed by atoms with Crippen LogP contribution in [0.3, 0.4) is 0 Å². The van der Waals surface area contributed by atoms with Crippen LogP contribution in [0.15, 0.2) is 0 Å². The second-order valence-electron chi connectivity index (χ2n) is 1.77. The van der Waals surface area contributed by atoms with E-state index in [-0.39, 0.29) is 0 Å². The van der Waals surface area contributed by atoms with Crippen molar-refractivity contribution in [2.45, 2.75) is 26.3 Å². The number of hydrogen-bond acceptors (Lipinski definition) is 2. The molecule has 0 aliphatic carbocycles. The van der Waals surface area contributed by atoms with Crippen LogP contribution in [0.5, 0.6) is 0 Å². The Morgan fingerprint density at radius 1 is 1.33 bits per heavy atom. The highest BCUT2D eigenvalue weighted by Gasteiger charge is 2.27. The monoisotopic (exact) mass is 143 g/mol.